The van der Waals surface area contributed by atoms with Gasteiger partial charge < -0.3 is 5.73 Å². The van der Waals surface area contributed by atoms with E-state index >= 15 is 0 Å². The molecule has 0 saturated carbocycles. The molecule has 3 heteroatoms. The highest BCUT2D eigenvalue weighted by atomic mass is 32.2. The summed E-state index contributed by atoms with van der Waals surface area (Å²) in [6.07, 6.45) is 8.32. The Bertz CT molecular complexity index is 226. The van der Waals surface area contributed by atoms with Gasteiger partial charge in [-0.1, -0.05) is 19.8 Å². The standard InChI is InChI=1S/C14H28N2S/c1-2-4-13-5-3-8-16(9-6-13)14(11-15)7-10-17-12-14/h13H,2-12,15H2,1H3. The molecule has 0 radical (unpaired) electrons. The number of likely N-dealkylation sites (tertiary alicyclic amines) is 1. The van der Waals surface area contributed by atoms with Crippen LogP contribution < -0.4 is 5.73 Å². The summed E-state index contributed by atoms with van der Waals surface area (Å²) in [5.41, 5.74) is 6.44. The quantitative estimate of drug-likeness (QED) is 0.838. The van der Waals surface area contributed by atoms with Crippen molar-refractivity contribution in [1.82, 2.24) is 4.90 Å². The molecule has 0 aliphatic carbocycles. The Kier molecular flexibility index (Phi) is 5.19. The minimum Gasteiger partial charge on any atom is -0.329 e. The number of hydrogen-bond acceptors (Lipinski definition) is 3. The van der Waals surface area contributed by atoms with Gasteiger partial charge in [-0.15, -0.1) is 0 Å². The van der Waals surface area contributed by atoms with E-state index in [-0.39, 0.29) is 0 Å². The summed E-state index contributed by atoms with van der Waals surface area (Å²) in [7, 11) is 0. The molecular weight excluding hydrogens is 228 g/mol. The Morgan fingerprint density at radius 2 is 2.24 bits per heavy atom. The summed E-state index contributed by atoms with van der Waals surface area (Å²) in [6, 6.07) is 0. The highest BCUT2D eigenvalue weighted by Crippen LogP contribution is 2.35. The van der Waals surface area contributed by atoms with Crippen molar-refractivity contribution in [2.45, 2.75) is 51.0 Å². The Labute approximate surface area is 111 Å². The average Bonchev–Trinajstić information content (AvgIpc) is 2.72. The van der Waals surface area contributed by atoms with Gasteiger partial charge in [0.25, 0.3) is 0 Å². The molecule has 0 amide bonds. The van der Waals surface area contributed by atoms with E-state index in [1.165, 1.54) is 63.1 Å². The third-order valence-corrected chi connectivity index (χ3v) is 5.91. The zero-order valence-corrected chi connectivity index (χ0v) is 12.1. The lowest BCUT2D eigenvalue weighted by atomic mass is 9.95. The molecule has 2 unspecified atom stereocenters. The number of nitrogens with two attached hydrogens (primary N) is 1. The maximum Gasteiger partial charge on any atom is 0.0429 e. The third-order valence-electron chi connectivity index (χ3n) is 4.68. The molecule has 0 aromatic rings. The molecule has 2 aliphatic rings. The Morgan fingerprint density at radius 3 is 2.88 bits per heavy atom. The SMILES string of the molecule is CCCC1CCCN(C2(CN)CCSC2)CC1. The highest BCUT2D eigenvalue weighted by molar-refractivity contribution is 7.99. The summed E-state index contributed by atoms with van der Waals surface area (Å²) in [6.45, 7) is 5.76. The summed E-state index contributed by atoms with van der Waals surface area (Å²) in [4.78, 5) is 2.74. The van der Waals surface area contributed by atoms with Gasteiger partial charge in [0.05, 0.1) is 0 Å². The van der Waals surface area contributed by atoms with Crippen LogP contribution in [0.3, 0.4) is 0 Å². The molecule has 2 N–H and O–H groups in total. The molecule has 2 saturated heterocycles. The minimum atomic E-state index is 0.353. The zero-order chi connectivity index (χ0) is 12.1. The summed E-state index contributed by atoms with van der Waals surface area (Å²) < 4.78 is 0. The summed E-state index contributed by atoms with van der Waals surface area (Å²) in [5.74, 6) is 3.56. The van der Waals surface area contributed by atoms with Crippen molar-refractivity contribution in [3.8, 4) is 0 Å². The molecule has 2 fully saturated rings. The fraction of sp³-hybridized carbons (Fsp3) is 1.00. The van der Waals surface area contributed by atoms with Crippen LogP contribution in [0.1, 0.15) is 45.4 Å². The second-order valence-electron chi connectivity index (χ2n) is 5.80. The van der Waals surface area contributed by atoms with Crippen LogP contribution in [0.5, 0.6) is 0 Å². The molecule has 0 bridgehead atoms. The first kappa shape index (κ1) is 13.7. The number of rotatable bonds is 4. The normalized spacial score (nSPS) is 36.0. The molecule has 100 valence electrons. The second-order valence-corrected chi connectivity index (χ2v) is 6.91. The first-order chi connectivity index (χ1) is 8.30. The monoisotopic (exact) mass is 256 g/mol. The van der Waals surface area contributed by atoms with Crippen LogP contribution in [0.2, 0.25) is 0 Å². The van der Waals surface area contributed by atoms with E-state index in [0.717, 1.165) is 12.5 Å². The van der Waals surface area contributed by atoms with E-state index < -0.39 is 0 Å². The molecule has 17 heavy (non-hydrogen) atoms. The fourth-order valence-corrected chi connectivity index (χ4v) is 4.97. The number of hydrogen-bond donors (Lipinski definition) is 1. The summed E-state index contributed by atoms with van der Waals surface area (Å²) in [5, 5.41) is 0. The van der Waals surface area contributed by atoms with Crippen LogP contribution in [0.15, 0.2) is 0 Å². The maximum atomic E-state index is 6.09. The van der Waals surface area contributed by atoms with Crippen molar-refractivity contribution < 1.29 is 0 Å². The van der Waals surface area contributed by atoms with E-state index in [9.17, 15) is 0 Å². The maximum absolute atomic E-state index is 6.09. The first-order valence-electron chi connectivity index (χ1n) is 7.33. The molecular formula is C14H28N2S. The van der Waals surface area contributed by atoms with Crippen LogP contribution in [-0.4, -0.2) is 41.6 Å². The molecule has 0 aromatic heterocycles. The molecule has 2 rings (SSSR count). The molecule has 2 atom stereocenters. The first-order valence-corrected chi connectivity index (χ1v) is 8.49. The van der Waals surface area contributed by atoms with Gasteiger partial charge in [-0.2, -0.15) is 11.8 Å². The minimum absolute atomic E-state index is 0.353. The molecule has 2 aliphatic heterocycles. The predicted octanol–water partition coefficient (Wildman–Crippen LogP) is 2.72. The van der Waals surface area contributed by atoms with Gasteiger partial charge in [0, 0.05) is 17.8 Å². The smallest absolute Gasteiger partial charge is 0.0429 e. The van der Waals surface area contributed by atoms with Crippen molar-refractivity contribution in [2.75, 3.05) is 31.1 Å². The van der Waals surface area contributed by atoms with Gasteiger partial charge in [0.1, 0.15) is 0 Å². The van der Waals surface area contributed by atoms with Crippen LogP contribution >= 0.6 is 11.8 Å². The van der Waals surface area contributed by atoms with E-state index in [1.807, 2.05) is 0 Å². The van der Waals surface area contributed by atoms with Gasteiger partial charge >= 0.3 is 0 Å². The zero-order valence-electron chi connectivity index (χ0n) is 11.3. The van der Waals surface area contributed by atoms with Crippen LogP contribution in [-0.2, 0) is 0 Å². The van der Waals surface area contributed by atoms with E-state index in [1.54, 1.807) is 0 Å². The lowest BCUT2D eigenvalue weighted by molar-refractivity contribution is 0.119. The Balaban J connectivity index is 1.93. The molecule has 0 spiro atoms. The summed E-state index contributed by atoms with van der Waals surface area (Å²) >= 11 is 2.10. The second kappa shape index (κ2) is 6.44. The van der Waals surface area contributed by atoms with E-state index in [0.29, 0.717) is 5.54 Å². The van der Waals surface area contributed by atoms with Crippen molar-refractivity contribution >= 4 is 11.8 Å². The fourth-order valence-electron chi connectivity index (χ4n) is 3.47. The van der Waals surface area contributed by atoms with Crippen LogP contribution in [0.4, 0.5) is 0 Å². The number of thioether (sulfide) groups is 1. The lowest BCUT2D eigenvalue weighted by Crippen LogP contribution is -2.54. The molecule has 2 nitrogen and oxygen atoms in total. The van der Waals surface area contributed by atoms with Crippen LogP contribution in [0, 0.1) is 5.92 Å². The van der Waals surface area contributed by atoms with Crippen molar-refractivity contribution in [2.24, 2.45) is 11.7 Å². The van der Waals surface area contributed by atoms with E-state index in [4.69, 9.17) is 5.73 Å². The van der Waals surface area contributed by atoms with Gasteiger partial charge in [-0.05, 0) is 50.4 Å². The van der Waals surface area contributed by atoms with Crippen molar-refractivity contribution in [3.05, 3.63) is 0 Å². The van der Waals surface area contributed by atoms with Crippen molar-refractivity contribution in [1.29, 1.82) is 0 Å². The van der Waals surface area contributed by atoms with Crippen molar-refractivity contribution in [3.63, 3.8) is 0 Å². The van der Waals surface area contributed by atoms with E-state index in [2.05, 4.69) is 23.6 Å². The van der Waals surface area contributed by atoms with Gasteiger partial charge in [0.15, 0.2) is 0 Å². The van der Waals surface area contributed by atoms with Gasteiger partial charge in [-0.3, -0.25) is 4.90 Å². The predicted molar refractivity (Wildman–Crippen MR) is 77.5 cm³/mol. The van der Waals surface area contributed by atoms with Crippen LogP contribution in [0.25, 0.3) is 0 Å². The highest BCUT2D eigenvalue weighted by Gasteiger charge is 2.39. The lowest BCUT2D eigenvalue weighted by Gasteiger charge is -2.39. The topological polar surface area (TPSA) is 29.3 Å². The molecule has 2 heterocycles. The number of nitrogens with zero attached hydrogens (tertiary/aromatic N) is 1. The third kappa shape index (κ3) is 3.18. The van der Waals surface area contributed by atoms with Gasteiger partial charge in [0.2, 0.25) is 0 Å². The average molecular weight is 256 g/mol. The van der Waals surface area contributed by atoms with Gasteiger partial charge in [-0.25, -0.2) is 0 Å². The Hall–Kier alpha value is 0.270. The molecule has 0 aromatic carbocycles. The largest absolute Gasteiger partial charge is 0.329 e. The Morgan fingerprint density at radius 1 is 1.35 bits per heavy atom.